The Morgan fingerprint density at radius 1 is 1.22 bits per heavy atom. The quantitative estimate of drug-likeness (QED) is 0.258. The van der Waals surface area contributed by atoms with E-state index in [1.165, 1.54) is 7.11 Å². The molecule has 0 amide bonds. The van der Waals surface area contributed by atoms with E-state index in [1.807, 2.05) is 19.1 Å². The number of rotatable bonds is 13. The molecule has 1 aliphatic rings. The van der Waals surface area contributed by atoms with Crippen molar-refractivity contribution in [1.82, 2.24) is 0 Å². The Balaban J connectivity index is 2.46. The lowest BCUT2D eigenvalue weighted by molar-refractivity contribution is -0.140. The van der Waals surface area contributed by atoms with Crippen LogP contribution in [0.2, 0.25) is 0 Å². The molecule has 5 atom stereocenters. The molecule has 1 saturated carbocycles. The lowest BCUT2D eigenvalue weighted by Gasteiger charge is -2.23. The van der Waals surface area contributed by atoms with Crippen molar-refractivity contribution >= 4 is 5.97 Å². The first-order chi connectivity index (χ1) is 12.9. The van der Waals surface area contributed by atoms with E-state index in [9.17, 15) is 20.1 Å². The lowest BCUT2D eigenvalue weighted by atomic mass is 9.87. The molecule has 0 bridgehead atoms. The number of aliphatic hydroxyl groups excluding tert-OH is 2. The van der Waals surface area contributed by atoms with Crippen LogP contribution in [0, 0.1) is 11.8 Å². The van der Waals surface area contributed by atoms with Crippen molar-refractivity contribution in [3.8, 4) is 0 Å². The van der Waals surface area contributed by atoms with E-state index in [2.05, 4.69) is 11.3 Å². The molecule has 1 aliphatic carbocycles. The SMILES string of the molecule is C=CC(O)(CC=C[C@@H]1[C@@H](CCCCCCC(=O)OC)[C@H](O)C[C@H]1O)CCC. The maximum atomic E-state index is 11.1. The molecule has 0 aromatic carbocycles. The van der Waals surface area contributed by atoms with Gasteiger partial charge in [-0.2, -0.15) is 0 Å². The molecule has 0 spiro atoms. The zero-order valence-corrected chi connectivity index (χ0v) is 17.0. The van der Waals surface area contributed by atoms with Crippen molar-refractivity contribution in [2.45, 2.75) is 88.9 Å². The molecule has 3 N–H and O–H groups in total. The number of hydrogen-bond donors (Lipinski definition) is 3. The van der Waals surface area contributed by atoms with Crippen LogP contribution in [-0.2, 0) is 9.53 Å². The van der Waals surface area contributed by atoms with Crippen LogP contribution in [0.1, 0.15) is 71.1 Å². The van der Waals surface area contributed by atoms with Crippen LogP contribution in [0.25, 0.3) is 0 Å². The van der Waals surface area contributed by atoms with Crippen molar-refractivity contribution in [1.29, 1.82) is 0 Å². The third-order valence-corrected chi connectivity index (χ3v) is 5.70. The molecule has 1 unspecified atom stereocenters. The number of methoxy groups -OCH3 is 1. The van der Waals surface area contributed by atoms with Gasteiger partial charge in [0, 0.05) is 18.8 Å². The highest BCUT2D eigenvalue weighted by Crippen LogP contribution is 2.37. The second-order valence-corrected chi connectivity index (χ2v) is 7.83. The summed E-state index contributed by atoms with van der Waals surface area (Å²) in [7, 11) is 1.40. The highest BCUT2D eigenvalue weighted by Gasteiger charge is 2.39. The molecule has 0 radical (unpaired) electrons. The first kappa shape index (κ1) is 23.9. The van der Waals surface area contributed by atoms with E-state index in [0.29, 0.717) is 25.7 Å². The summed E-state index contributed by atoms with van der Waals surface area (Å²) in [5, 5.41) is 31.1. The zero-order valence-electron chi connectivity index (χ0n) is 17.0. The van der Waals surface area contributed by atoms with Gasteiger partial charge in [-0.3, -0.25) is 4.79 Å². The van der Waals surface area contributed by atoms with Crippen molar-refractivity contribution in [2.24, 2.45) is 11.8 Å². The van der Waals surface area contributed by atoms with Crippen LogP contribution < -0.4 is 0 Å². The molecule has 156 valence electrons. The summed E-state index contributed by atoms with van der Waals surface area (Å²) in [6, 6.07) is 0. The predicted molar refractivity (Wildman–Crippen MR) is 107 cm³/mol. The Morgan fingerprint density at radius 3 is 2.56 bits per heavy atom. The molecule has 0 aromatic rings. The fraction of sp³-hybridized carbons (Fsp3) is 0.773. The summed E-state index contributed by atoms with van der Waals surface area (Å²) in [4.78, 5) is 11.1. The largest absolute Gasteiger partial charge is 0.469 e. The van der Waals surface area contributed by atoms with Gasteiger partial charge in [-0.15, -0.1) is 6.58 Å². The zero-order chi connectivity index (χ0) is 20.3. The normalized spacial score (nSPS) is 27.6. The van der Waals surface area contributed by atoms with E-state index in [0.717, 1.165) is 38.5 Å². The maximum Gasteiger partial charge on any atom is 0.305 e. The standard InChI is InChI=1S/C22H38O5/c1-4-14-22(26,5-2)15-10-12-18-17(19(23)16-20(18)24)11-8-6-7-9-13-21(25)27-3/h5,10,12,17-20,23-24,26H,2,4,6-9,11,13-16H2,1,3H3/t17-,18-,19-,20-,22?/m1/s1. The minimum absolute atomic E-state index is 0.0415. The smallest absolute Gasteiger partial charge is 0.305 e. The number of hydrogen-bond acceptors (Lipinski definition) is 5. The van der Waals surface area contributed by atoms with E-state index in [1.54, 1.807) is 6.08 Å². The van der Waals surface area contributed by atoms with Gasteiger partial charge in [0.2, 0.25) is 0 Å². The predicted octanol–water partition coefficient (Wildman–Crippen LogP) is 3.52. The number of unbranched alkanes of at least 4 members (excludes halogenated alkanes) is 3. The van der Waals surface area contributed by atoms with E-state index < -0.39 is 17.8 Å². The van der Waals surface area contributed by atoms with Gasteiger partial charge in [0.25, 0.3) is 0 Å². The average molecular weight is 383 g/mol. The third-order valence-electron chi connectivity index (χ3n) is 5.70. The Hall–Kier alpha value is -1.17. The minimum atomic E-state index is -0.900. The molecule has 0 heterocycles. The summed E-state index contributed by atoms with van der Waals surface area (Å²) >= 11 is 0. The number of esters is 1. The second-order valence-electron chi connectivity index (χ2n) is 7.83. The summed E-state index contributed by atoms with van der Waals surface area (Å²) in [5.41, 5.74) is -0.900. The van der Waals surface area contributed by atoms with Crippen molar-refractivity contribution in [3.63, 3.8) is 0 Å². The van der Waals surface area contributed by atoms with Gasteiger partial charge in [-0.05, 0) is 31.6 Å². The number of ether oxygens (including phenoxy) is 1. The summed E-state index contributed by atoms with van der Waals surface area (Å²) in [6.07, 6.45) is 11.9. The molecule has 1 rings (SSSR count). The average Bonchev–Trinajstić information content (AvgIpc) is 2.91. The van der Waals surface area contributed by atoms with Crippen LogP contribution in [0.15, 0.2) is 24.8 Å². The van der Waals surface area contributed by atoms with E-state index in [-0.39, 0.29) is 17.8 Å². The molecule has 0 aliphatic heterocycles. The monoisotopic (exact) mass is 382 g/mol. The van der Waals surface area contributed by atoms with Crippen LogP contribution in [-0.4, -0.2) is 46.2 Å². The van der Waals surface area contributed by atoms with Crippen molar-refractivity contribution < 1.29 is 24.9 Å². The molecular weight excluding hydrogens is 344 g/mol. The van der Waals surface area contributed by atoms with Crippen molar-refractivity contribution in [2.75, 3.05) is 7.11 Å². The van der Waals surface area contributed by atoms with Crippen molar-refractivity contribution in [3.05, 3.63) is 24.8 Å². The van der Waals surface area contributed by atoms with Gasteiger partial charge in [0.05, 0.1) is 24.9 Å². The molecule has 1 fully saturated rings. The minimum Gasteiger partial charge on any atom is -0.469 e. The Morgan fingerprint density at radius 2 is 1.93 bits per heavy atom. The first-order valence-electron chi connectivity index (χ1n) is 10.3. The molecule has 0 aromatic heterocycles. The molecule has 0 saturated heterocycles. The second kappa shape index (κ2) is 12.3. The highest BCUT2D eigenvalue weighted by molar-refractivity contribution is 5.68. The van der Waals surface area contributed by atoms with Gasteiger partial charge in [-0.25, -0.2) is 0 Å². The fourth-order valence-corrected chi connectivity index (χ4v) is 4.03. The summed E-state index contributed by atoms with van der Waals surface area (Å²) in [5.74, 6) is -0.206. The number of carbonyl (C=O) groups excluding carboxylic acids is 1. The van der Waals surface area contributed by atoms with Gasteiger partial charge < -0.3 is 20.1 Å². The van der Waals surface area contributed by atoms with E-state index >= 15 is 0 Å². The molecular formula is C22H38O5. The Kier molecular flexibility index (Phi) is 10.9. The number of carbonyl (C=O) groups is 1. The third kappa shape index (κ3) is 8.16. The summed E-state index contributed by atoms with van der Waals surface area (Å²) in [6.45, 7) is 5.75. The Bertz CT molecular complexity index is 475. The maximum absolute atomic E-state index is 11.1. The van der Waals surface area contributed by atoms with Crippen LogP contribution >= 0.6 is 0 Å². The summed E-state index contributed by atoms with van der Waals surface area (Å²) < 4.78 is 4.63. The molecule has 5 nitrogen and oxygen atoms in total. The van der Waals surface area contributed by atoms with Gasteiger partial charge in [0.15, 0.2) is 0 Å². The van der Waals surface area contributed by atoms with E-state index in [4.69, 9.17) is 0 Å². The molecule has 5 heteroatoms. The lowest BCUT2D eigenvalue weighted by Crippen LogP contribution is -2.25. The van der Waals surface area contributed by atoms with Crippen LogP contribution in [0.4, 0.5) is 0 Å². The molecule has 27 heavy (non-hydrogen) atoms. The van der Waals surface area contributed by atoms with Crippen LogP contribution in [0.5, 0.6) is 0 Å². The van der Waals surface area contributed by atoms with Gasteiger partial charge in [-0.1, -0.05) is 50.8 Å². The van der Waals surface area contributed by atoms with Gasteiger partial charge >= 0.3 is 5.97 Å². The van der Waals surface area contributed by atoms with Gasteiger partial charge in [0.1, 0.15) is 0 Å². The first-order valence-corrected chi connectivity index (χ1v) is 10.3. The number of aliphatic hydroxyl groups is 3. The van der Waals surface area contributed by atoms with Crippen LogP contribution in [0.3, 0.4) is 0 Å². The highest BCUT2D eigenvalue weighted by atomic mass is 16.5. The Labute approximate surface area is 164 Å². The topological polar surface area (TPSA) is 87.0 Å². The fourth-order valence-electron chi connectivity index (χ4n) is 4.03.